The van der Waals surface area contributed by atoms with Gasteiger partial charge in [-0.25, -0.2) is 4.79 Å². The summed E-state index contributed by atoms with van der Waals surface area (Å²) in [6.07, 6.45) is 0.776. The number of nitrogens with two attached hydrogens (primary N) is 1. The van der Waals surface area contributed by atoms with Crippen LogP contribution in [0.3, 0.4) is 0 Å². The Labute approximate surface area is 206 Å². The molecule has 1 aromatic carbocycles. The number of carbonyl (C=O) groups is 4. The van der Waals surface area contributed by atoms with E-state index in [4.69, 9.17) is 10.5 Å². The topological polar surface area (TPSA) is 151 Å². The van der Waals surface area contributed by atoms with E-state index in [0.29, 0.717) is 18.4 Å². The van der Waals surface area contributed by atoms with Crippen LogP contribution in [0, 0.1) is 6.92 Å². The van der Waals surface area contributed by atoms with Gasteiger partial charge in [0.1, 0.15) is 23.4 Å². The zero-order valence-corrected chi connectivity index (χ0v) is 21.4. The van der Waals surface area contributed by atoms with E-state index in [1.54, 1.807) is 59.7 Å². The normalized spacial score (nSPS) is 15.5. The Morgan fingerprint density at radius 1 is 1.17 bits per heavy atom. The number of phenolic OH excluding ortho intramolecular Hbond substituents is 1. The maximum atomic E-state index is 13.9. The van der Waals surface area contributed by atoms with Gasteiger partial charge >= 0.3 is 6.09 Å². The number of phenols is 1. The van der Waals surface area contributed by atoms with Crippen molar-refractivity contribution < 1.29 is 29.0 Å². The summed E-state index contributed by atoms with van der Waals surface area (Å²) in [5.41, 5.74) is 5.37. The van der Waals surface area contributed by atoms with E-state index in [1.807, 2.05) is 0 Å². The van der Waals surface area contributed by atoms with Crippen LogP contribution < -0.4 is 16.4 Å². The Kier molecular flexibility index (Phi) is 9.12. The average Bonchev–Trinajstić information content (AvgIpc) is 2.65. The molecule has 2 unspecified atom stereocenters. The first kappa shape index (κ1) is 27.9. The predicted octanol–water partition coefficient (Wildman–Crippen LogP) is 2.42. The third-order valence-electron chi connectivity index (χ3n) is 5.64. The molecule has 5 N–H and O–H groups in total. The van der Waals surface area contributed by atoms with Gasteiger partial charge in [-0.2, -0.15) is 0 Å². The molecule has 1 fully saturated rings. The average molecular weight is 491 g/mol. The Hall–Kier alpha value is -3.30. The van der Waals surface area contributed by atoms with Crippen molar-refractivity contribution in [3.8, 4) is 5.75 Å². The minimum absolute atomic E-state index is 0.0971. The maximum Gasteiger partial charge on any atom is 0.408 e. The molecule has 0 spiro atoms. The smallest absolute Gasteiger partial charge is 0.408 e. The largest absolute Gasteiger partial charge is 0.507 e. The molecule has 0 heterocycles. The van der Waals surface area contributed by atoms with Crippen molar-refractivity contribution in [1.82, 2.24) is 15.5 Å². The number of benzene rings is 1. The summed E-state index contributed by atoms with van der Waals surface area (Å²) >= 11 is 0. The highest BCUT2D eigenvalue weighted by Gasteiger charge is 2.43. The number of aryl methyl sites for hydroxylation is 1. The van der Waals surface area contributed by atoms with Gasteiger partial charge in [-0.3, -0.25) is 14.4 Å². The van der Waals surface area contributed by atoms with Crippen molar-refractivity contribution in [2.24, 2.45) is 5.73 Å². The molecule has 0 aliphatic heterocycles. The summed E-state index contributed by atoms with van der Waals surface area (Å²) in [5, 5.41) is 16.1. The second-order valence-corrected chi connectivity index (χ2v) is 10.3. The molecule has 2 atom stereocenters. The number of para-hydroxylation sites is 1. The quantitative estimate of drug-likeness (QED) is 0.417. The van der Waals surface area contributed by atoms with Crippen LogP contribution in [0.4, 0.5) is 4.79 Å². The lowest BCUT2D eigenvalue weighted by Crippen LogP contribution is -2.58. The van der Waals surface area contributed by atoms with Gasteiger partial charge in [0, 0.05) is 17.6 Å². The van der Waals surface area contributed by atoms with Crippen LogP contribution in [0.1, 0.15) is 77.5 Å². The van der Waals surface area contributed by atoms with Gasteiger partial charge in [0.05, 0.1) is 6.42 Å². The third-order valence-corrected chi connectivity index (χ3v) is 5.64. The van der Waals surface area contributed by atoms with Gasteiger partial charge in [-0.15, -0.1) is 0 Å². The number of alkyl carbamates (subject to hydrolysis) is 1. The molecule has 0 aromatic heterocycles. The number of carbonyl (C=O) groups excluding carboxylic acids is 4. The first-order valence-corrected chi connectivity index (χ1v) is 11.9. The number of rotatable bonds is 9. The molecule has 2 rings (SSSR count). The minimum atomic E-state index is -1.34. The second kappa shape index (κ2) is 11.4. The number of amides is 4. The minimum Gasteiger partial charge on any atom is -0.507 e. The van der Waals surface area contributed by atoms with Crippen LogP contribution in [0.15, 0.2) is 18.2 Å². The molecule has 10 nitrogen and oxygen atoms in total. The van der Waals surface area contributed by atoms with Crippen molar-refractivity contribution in [1.29, 1.82) is 0 Å². The molecule has 1 saturated carbocycles. The Balaban J connectivity index is 2.55. The molecule has 1 aromatic rings. The molecule has 194 valence electrons. The van der Waals surface area contributed by atoms with Crippen LogP contribution >= 0.6 is 0 Å². The van der Waals surface area contributed by atoms with Crippen molar-refractivity contribution in [2.75, 3.05) is 0 Å². The number of hydrogen-bond donors (Lipinski definition) is 4. The summed E-state index contributed by atoms with van der Waals surface area (Å²) in [6.45, 7) is 10.3. The SMILES string of the molecule is Cc1cccc(C(C(=O)NC(C)C)N(C(=O)C(CC(N)=O)NC(=O)OC(C)(C)C)C2CCC2)c1O. The van der Waals surface area contributed by atoms with Crippen LogP contribution in [0.2, 0.25) is 0 Å². The summed E-state index contributed by atoms with van der Waals surface area (Å²) in [4.78, 5) is 53.0. The Bertz CT molecular complexity index is 952. The highest BCUT2D eigenvalue weighted by molar-refractivity contribution is 5.95. The fourth-order valence-electron chi connectivity index (χ4n) is 3.90. The molecule has 0 bridgehead atoms. The number of aromatic hydroxyl groups is 1. The number of primary amides is 1. The zero-order valence-electron chi connectivity index (χ0n) is 21.4. The molecule has 1 aliphatic carbocycles. The Morgan fingerprint density at radius 3 is 2.29 bits per heavy atom. The van der Waals surface area contributed by atoms with Gasteiger partial charge in [0.15, 0.2) is 0 Å². The zero-order chi connectivity index (χ0) is 26.5. The fraction of sp³-hybridized carbons (Fsp3) is 0.600. The van der Waals surface area contributed by atoms with Gasteiger partial charge < -0.3 is 31.1 Å². The van der Waals surface area contributed by atoms with E-state index >= 15 is 0 Å². The van der Waals surface area contributed by atoms with Gasteiger partial charge in [0.2, 0.25) is 17.7 Å². The molecule has 4 amide bonds. The molecule has 10 heteroatoms. The van der Waals surface area contributed by atoms with E-state index in [9.17, 15) is 24.3 Å². The van der Waals surface area contributed by atoms with Crippen molar-refractivity contribution >= 4 is 23.8 Å². The van der Waals surface area contributed by atoms with Crippen molar-refractivity contribution in [3.63, 3.8) is 0 Å². The lowest BCUT2D eigenvalue weighted by atomic mass is 9.87. The number of nitrogens with zero attached hydrogens (tertiary/aromatic N) is 1. The predicted molar refractivity (Wildman–Crippen MR) is 130 cm³/mol. The number of nitrogens with one attached hydrogen (secondary N) is 2. The highest BCUT2D eigenvalue weighted by Crippen LogP contribution is 2.38. The number of ether oxygens (including phenoxy) is 1. The lowest BCUT2D eigenvalue weighted by Gasteiger charge is -2.43. The van der Waals surface area contributed by atoms with E-state index in [1.165, 1.54) is 4.90 Å². The van der Waals surface area contributed by atoms with Crippen LogP contribution in [0.5, 0.6) is 5.75 Å². The fourth-order valence-corrected chi connectivity index (χ4v) is 3.90. The van der Waals surface area contributed by atoms with E-state index < -0.39 is 47.9 Å². The number of hydrogen-bond acceptors (Lipinski definition) is 6. The van der Waals surface area contributed by atoms with Crippen LogP contribution in [0.25, 0.3) is 0 Å². The standard InChI is InChI=1S/C25H38N4O6/c1-14(2)27-22(32)20(17-12-7-9-15(3)21(17)31)29(16-10-8-11-16)23(33)18(13-19(26)30)28-24(34)35-25(4,5)6/h7,9,12,14,16,18,20,31H,8,10-11,13H2,1-6H3,(H2,26,30)(H,27,32)(H,28,34). The van der Waals surface area contributed by atoms with E-state index in [2.05, 4.69) is 10.6 Å². The van der Waals surface area contributed by atoms with Crippen LogP contribution in [-0.4, -0.2) is 57.5 Å². The first-order valence-electron chi connectivity index (χ1n) is 11.9. The molecular weight excluding hydrogens is 452 g/mol. The van der Waals surface area contributed by atoms with Crippen molar-refractivity contribution in [3.05, 3.63) is 29.3 Å². The Morgan fingerprint density at radius 2 is 1.80 bits per heavy atom. The third kappa shape index (κ3) is 7.60. The maximum absolute atomic E-state index is 13.9. The first-order chi connectivity index (χ1) is 16.2. The van der Waals surface area contributed by atoms with Gasteiger partial charge in [0.25, 0.3) is 0 Å². The highest BCUT2D eigenvalue weighted by atomic mass is 16.6. The summed E-state index contributed by atoms with van der Waals surface area (Å²) in [7, 11) is 0. The van der Waals surface area contributed by atoms with Gasteiger partial charge in [-0.05, 0) is 66.4 Å². The summed E-state index contributed by atoms with van der Waals surface area (Å²) in [6, 6.07) is 1.93. The van der Waals surface area contributed by atoms with E-state index in [0.717, 1.165) is 6.42 Å². The van der Waals surface area contributed by atoms with Gasteiger partial charge in [-0.1, -0.05) is 18.2 Å². The van der Waals surface area contributed by atoms with Crippen LogP contribution in [-0.2, 0) is 19.1 Å². The summed E-state index contributed by atoms with van der Waals surface area (Å²) in [5.74, 6) is -2.02. The molecule has 35 heavy (non-hydrogen) atoms. The molecule has 0 radical (unpaired) electrons. The summed E-state index contributed by atoms with van der Waals surface area (Å²) < 4.78 is 5.27. The lowest BCUT2D eigenvalue weighted by molar-refractivity contribution is -0.148. The van der Waals surface area contributed by atoms with Crippen molar-refractivity contribution in [2.45, 2.75) is 97.0 Å². The van der Waals surface area contributed by atoms with E-state index in [-0.39, 0.29) is 23.4 Å². The molecule has 1 aliphatic rings. The molecule has 0 saturated heterocycles. The second-order valence-electron chi connectivity index (χ2n) is 10.3. The monoisotopic (exact) mass is 490 g/mol. The molecular formula is C25H38N4O6.